The molecule has 22 heavy (non-hydrogen) atoms. The van der Waals surface area contributed by atoms with E-state index in [9.17, 15) is 8.42 Å². The molecular formula is C18H17NO2S. The van der Waals surface area contributed by atoms with Crippen LogP contribution in [0.2, 0.25) is 0 Å². The number of aryl methyl sites for hydroxylation is 1. The van der Waals surface area contributed by atoms with Crippen molar-refractivity contribution in [2.75, 3.05) is 4.72 Å². The van der Waals surface area contributed by atoms with E-state index >= 15 is 0 Å². The minimum absolute atomic E-state index is 0.276. The van der Waals surface area contributed by atoms with Gasteiger partial charge in [0.1, 0.15) is 0 Å². The molecule has 0 radical (unpaired) electrons. The predicted octanol–water partition coefficient (Wildman–Crippen LogP) is 4.20. The fourth-order valence-electron chi connectivity index (χ4n) is 2.37. The summed E-state index contributed by atoms with van der Waals surface area (Å²) in [5, 5.41) is 2.08. The van der Waals surface area contributed by atoms with Gasteiger partial charge in [0.15, 0.2) is 0 Å². The van der Waals surface area contributed by atoms with Crippen molar-refractivity contribution in [3.05, 3.63) is 72.3 Å². The second kappa shape index (κ2) is 5.81. The van der Waals surface area contributed by atoms with Crippen LogP contribution in [0.1, 0.15) is 12.5 Å². The summed E-state index contributed by atoms with van der Waals surface area (Å²) in [6, 6.07) is 20.3. The molecule has 3 nitrogen and oxygen atoms in total. The van der Waals surface area contributed by atoms with Crippen molar-refractivity contribution in [1.29, 1.82) is 0 Å². The Bertz CT molecular complexity index is 900. The standard InChI is InChI=1S/C18H17NO2S/c1-2-14-7-11-18(12-8-14)22(20,21)19-17-10-9-15-5-3-4-6-16(15)13-17/h3-13,19H,2H2,1H3. The highest BCUT2D eigenvalue weighted by molar-refractivity contribution is 7.92. The van der Waals surface area contributed by atoms with Crippen molar-refractivity contribution in [3.63, 3.8) is 0 Å². The number of hydrogen-bond donors (Lipinski definition) is 1. The third-order valence-corrected chi connectivity index (χ3v) is 5.04. The summed E-state index contributed by atoms with van der Waals surface area (Å²) in [5.41, 5.74) is 1.68. The molecule has 112 valence electrons. The molecule has 0 saturated carbocycles. The highest BCUT2D eigenvalue weighted by Gasteiger charge is 2.14. The lowest BCUT2D eigenvalue weighted by Crippen LogP contribution is -2.12. The zero-order chi connectivity index (χ0) is 15.6. The van der Waals surface area contributed by atoms with Crippen molar-refractivity contribution in [1.82, 2.24) is 0 Å². The second-order valence-electron chi connectivity index (χ2n) is 5.16. The number of hydrogen-bond acceptors (Lipinski definition) is 2. The van der Waals surface area contributed by atoms with E-state index in [1.165, 1.54) is 0 Å². The van der Waals surface area contributed by atoms with Crippen LogP contribution in [0, 0.1) is 0 Å². The van der Waals surface area contributed by atoms with E-state index in [-0.39, 0.29) is 4.90 Å². The van der Waals surface area contributed by atoms with Crippen LogP contribution in [-0.4, -0.2) is 8.42 Å². The van der Waals surface area contributed by atoms with Crippen molar-refractivity contribution in [3.8, 4) is 0 Å². The minimum Gasteiger partial charge on any atom is -0.280 e. The van der Waals surface area contributed by atoms with Gasteiger partial charge in [0.05, 0.1) is 4.90 Å². The Labute approximate surface area is 130 Å². The van der Waals surface area contributed by atoms with Crippen LogP contribution in [-0.2, 0) is 16.4 Å². The SMILES string of the molecule is CCc1ccc(S(=O)(=O)Nc2ccc3ccccc3c2)cc1. The first-order valence-electron chi connectivity index (χ1n) is 7.19. The monoisotopic (exact) mass is 311 g/mol. The first kappa shape index (κ1) is 14.6. The Morgan fingerprint density at radius 3 is 2.23 bits per heavy atom. The van der Waals surface area contributed by atoms with Gasteiger partial charge in [0, 0.05) is 5.69 Å². The van der Waals surface area contributed by atoms with Crippen LogP contribution in [0.3, 0.4) is 0 Å². The zero-order valence-corrected chi connectivity index (χ0v) is 13.1. The minimum atomic E-state index is -3.56. The molecule has 0 aliphatic heterocycles. The summed E-state index contributed by atoms with van der Waals surface area (Å²) >= 11 is 0. The molecule has 0 atom stereocenters. The summed E-state index contributed by atoms with van der Waals surface area (Å²) in [6.45, 7) is 2.04. The van der Waals surface area contributed by atoms with Gasteiger partial charge in [-0.15, -0.1) is 0 Å². The largest absolute Gasteiger partial charge is 0.280 e. The van der Waals surface area contributed by atoms with Crippen molar-refractivity contribution in [2.24, 2.45) is 0 Å². The summed E-state index contributed by atoms with van der Waals surface area (Å²) in [7, 11) is -3.56. The molecule has 0 heterocycles. The molecule has 0 bridgehead atoms. The molecule has 0 aliphatic carbocycles. The molecule has 4 heteroatoms. The normalized spacial score (nSPS) is 11.5. The van der Waals surface area contributed by atoms with E-state index in [1.807, 2.05) is 55.5 Å². The van der Waals surface area contributed by atoms with Gasteiger partial charge < -0.3 is 0 Å². The molecule has 0 spiro atoms. The third-order valence-electron chi connectivity index (χ3n) is 3.64. The number of benzene rings is 3. The first-order chi connectivity index (χ1) is 10.6. The highest BCUT2D eigenvalue weighted by Crippen LogP contribution is 2.22. The molecule has 0 aromatic heterocycles. The third kappa shape index (κ3) is 2.97. The second-order valence-corrected chi connectivity index (χ2v) is 6.85. The van der Waals surface area contributed by atoms with Crippen LogP contribution in [0.5, 0.6) is 0 Å². The Morgan fingerprint density at radius 2 is 1.55 bits per heavy atom. The molecule has 0 saturated heterocycles. The lowest BCUT2D eigenvalue weighted by molar-refractivity contribution is 0.601. The van der Waals surface area contributed by atoms with Gasteiger partial charge in [-0.2, -0.15) is 0 Å². The lowest BCUT2D eigenvalue weighted by Gasteiger charge is -2.09. The topological polar surface area (TPSA) is 46.2 Å². The van der Waals surface area contributed by atoms with E-state index in [4.69, 9.17) is 0 Å². The maximum Gasteiger partial charge on any atom is 0.261 e. The van der Waals surface area contributed by atoms with Gasteiger partial charge in [-0.25, -0.2) is 8.42 Å². The van der Waals surface area contributed by atoms with Crippen LogP contribution in [0.25, 0.3) is 10.8 Å². The fourth-order valence-corrected chi connectivity index (χ4v) is 3.42. The summed E-state index contributed by atoms with van der Waals surface area (Å²) in [4.78, 5) is 0.276. The average Bonchev–Trinajstić information content (AvgIpc) is 2.54. The first-order valence-corrected chi connectivity index (χ1v) is 8.67. The Morgan fingerprint density at radius 1 is 0.864 bits per heavy atom. The number of anilines is 1. The number of nitrogens with one attached hydrogen (secondary N) is 1. The van der Waals surface area contributed by atoms with Gasteiger partial charge >= 0.3 is 0 Å². The smallest absolute Gasteiger partial charge is 0.261 e. The van der Waals surface area contributed by atoms with Crippen molar-refractivity contribution < 1.29 is 8.42 Å². The van der Waals surface area contributed by atoms with Crippen molar-refractivity contribution in [2.45, 2.75) is 18.2 Å². The predicted molar refractivity (Wildman–Crippen MR) is 90.6 cm³/mol. The van der Waals surface area contributed by atoms with Crippen LogP contribution in [0.4, 0.5) is 5.69 Å². The van der Waals surface area contributed by atoms with Gasteiger partial charge in [0.2, 0.25) is 0 Å². The van der Waals surface area contributed by atoms with Crippen LogP contribution >= 0.6 is 0 Å². The molecule has 0 aliphatic rings. The van der Waals surface area contributed by atoms with Crippen LogP contribution in [0.15, 0.2) is 71.6 Å². The number of fused-ring (bicyclic) bond motifs is 1. The van der Waals surface area contributed by atoms with Crippen LogP contribution < -0.4 is 4.72 Å². The van der Waals surface area contributed by atoms with Gasteiger partial charge in [-0.1, -0.05) is 49.4 Å². The summed E-state index contributed by atoms with van der Waals surface area (Å²) in [5.74, 6) is 0. The average molecular weight is 311 g/mol. The molecule has 0 fully saturated rings. The molecule has 3 aromatic rings. The highest BCUT2D eigenvalue weighted by atomic mass is 32.2. The number of sulfonamides is 1. The zero-order valence-electron chi connectivity index (χ0n) is 12.3. The van der Waals surface area contributed by atoms with E-state index in [1.54, 1.807) is 18.2 Å². The Kier molecular flexibility index (Phi) is 3.86. The Balaban J connectivity index is 1.91. The Hall–Kier alpha value is -2.33. The summed E-state index contributed by atoms with van der Waals surface area (Å²) < 4.78 is 27.5. The molecular weight excluding hydrogens is 294 g/mol. The summed E-state index contributed by atoms with van der Waals surface area (Å²) in [6.07, 6.45) is 0.887. The maximum atomic E-state index is 12.4. The van der Waals surface area contributed by atoms with E-state index < -0.39 is 10.0 Å². The molecule has 0 amide bonds. The van der Waals surface area contributed by atoms with E-state index in [0.717, 1.165) is 22.8 Å². The fraction of sp³-hybridized carbons (Fsp3) is 0.111. The van der Waals surface area contributed by atoms with Gasteiger partial charge in [0.25, 0.3) is 10.0 Å². The van der Waals surface area contributed by atoms with E-state index in [0.29, 0.717) is 5.69 Å². The molecule has 1 N–H and O–H groups in total. The number of rotatable bonds is 4. The van der Waals surface area contributed by atoms with Gasteiger partial charge in [-0.05, 0) is 47.0 Å². The molecule has 0 unspecified atom stereocenters. The lowest BCUT2D eigenvalue weighted by atomic mass is 10.1. The molecule has 3 aromatic carbocycles. The quantitative estimate of drug-likeness (QED) is 0.785. The van der Waals surface area contributed by atoms with Crippen molar-refractivity contribution >= 4 is 26.5 Å². The van der Waals surface area contributed by atoms with E-state index in [2.05, 4.69) is 4.72 Å². The molecule has 3 rings (SSSR count). The maximum absolute atomic E-state index is 12.4. The van der Waals surface area contributed by atoms with Gasteiger partial charge in [-0.3, -0.25) is 4.72 Å².